The Hall–Kier alpha value is -1.75. The Kier molecular flexibility index (Phi) is 3.29. The number of benzene rings is 1. The van der Waals surface area contributed by atoms with Crippen molar-refractivity contribution in [3.05, 3.63) is 47.3 Å². The molecule has 1 aliphatic rings. The average Bonchev–Trinajstić information content (AvgIpc) is 3.03. The molecule has 0 aliphatic carbocycles. The molecule has 1 aromatic carbocycles. The molecule has 5 heteroatoms. The van der Waals surface area contributed by atoms with Crippen LogP contribution in [0.4, 0.5) is 4.39 Å². The monoisotopic (exact) mass is 260 g/mol. The third-order valence-electron chi connectivity index (χ3n) is 3.59. The number of hydrogen-bond acceptors (Lipinski definition) is 3. The van der Waals surface area contributed by atoms with E-state index >= 15 is 0 Å². The first kappa shape index (κ1) is 12.3. The van der Waals surface area contributed by atoms with Crippen molar-refractivity contribution < 1.29 is 4.39 Å². The Morgan fingerprint density at radius 3 is 2.79 bits per heavy atom. The van der Waals surface area contributed by atoms with Crippen LogP contribution in [0.25, 0.3) is 0 Å². The minimum atomic E-state index is -0.207. The van der Waals surface area contributed by atoms with Gasteiger partial charge in [-0.3, -0.25) is 0 Å². The molecule has 1 N–H and O–H groups in total. The molecule has 1 fully saturated rings. The fraction of sp³-hybridized carbons (Fsp3) is 0.429. The molecule has 1 atom stereocenters. The van der Waals surface area contributed by atoms with E-state index in [1.165, 1.54) is 18.6 Å². The van der Waals surface area contributed by atoms with Crippen molar-refractivity contribution in [2.45, 2.75) is 32.4 Å². The van der Waals surface area contributed by atoms with E-state index in [4.69, 9.17) is 0 Å². The summed E-state index contributed by atoms with van der Waals surface area (Å²) in [5, 5.41) is 11.9. The predicted molar refractivity (Wildman–Crippen MR) is 70.2 cm³/mol. The minimum absolute atomic E-state index is 0.207. The van der Waals surface area contributed by atoms with Crippen LogP contribution in [0.3, 0.4) is 0 Å². The number of aromatic nitrogens is 3. The average molecular weight is 260 g/mol. The quantitative estimate of drug-likeness (QED) is 0.920. The summed E-state index contributed by atoms with van der Waals surface area (Å²) in [6, 6.07) is 6.88. The third-order valence-corrected chi connectivity index (χ3v) is 3.59. The summed E-state index contributed by atoms with van der Waals surface area (Å²) in [5.74, 6) is 1.68. The number of nitrogens with one attached hydrogen (secondary N) is 1. The van der Waals surface area contributed by atoms with E-state index in [0.29, 0.717) is 12.6 Å². The summed E-state index contributed by atoms with van der Waals surface area (Å²) >= 11 is 0. The molecule has 0 amide bonds. The molecule has 19 heavy (non-hydrogen) atoms. The highest BCUT2D eigenvalue weighted by Crippen LogP contribution is 2.22. The molecule has 2 heterocycles. The molecular formula is C14H17FN4. The lowest BCUT2D eigenvalue weighted by Gasteiger charge is -2.13. The van der Waals surface area contributed by atoms with Crippen LogP contribution < -0.4 is 5.32 Å². The van der Waals surface area contributed by atoms with Gasteiger partial charge in [-0.1, -0.05) is 12.1 Å². The van der Waals surface area contributed by atoms with Gasteiger partial charge in [-0.25, -0.2) is 4.39 Å². The Balaban J connectivity index is 1.87. The maximum Gasteiger partial charge on any atom is 0.150 e. The Morgan fingerprint density at radius 1 is 1.32 bits per heavy atom. The normalized spacial score (nSPS) is 18.9. The SMILES string of the molecule is Cc1nnc(C2CCCN2)n1Cc1ccc(F)cc1. The smallest absolute Gasteiger partial charge is 0.150 e. The second kappa shape index (κ2) is 5.09. The lowest BCUT2D eigenvalue weighted by Crippen LogP contribution is -2.19. The van der Waals surface area contributed by atoms with E-state index in [-0.39, 0.29) is 5.82 Å². The molecule has 100 valence electrons. The number of nitrogens with zero attached hydrogens (tertiary/aromatic N) is 3. The van der Waals surface area contributed by atoms with Crippen LogP contribution in [-0.2, 0) is 6.54 Å². The van der Waals surface area contributed by atoms with Crippen molar-refractivity contribution in [1.82, 2.24) is 20.1 Å². The van der Waals surface area contributed by atoms with Crippen LogP contribution in [0, 0.1) is 12.7 Å². The van der Waals surface area contributed by atoms with Crippen LogP contribution in [0.15, 0.2) is 24.3 Å². The van der Waals surface area contributed by atoms with E-state index in [1.807, 2.05) is 6.92 Å². The number of hydrogen-bond donors (Lipinski definition) is 1. The Morgan fingerprint density at radius 2 is 2.11 bits per heavy atom. The summed E-state index contributed by atoms with van der Waals surface area (Å²) in [6.07, 6.45) is 2.27. The molecule has 4 nitrogen and oxygen atoms in total. The fourth-order valence-electron chi connectivity index (χ4n) is 2.53. The van der Waals surface area contributed by atoms with Gasteiger partial charge in [-0.15, -0.1) is 10.2 Å². The topological polar surface area (TPSA) is 42.7 Å². The first-order valence-corrected chi connectivity index (χ1v) is 6.61. The first-order valence-electron chi connectivity index (χ1n) is 6.61. The summed E-state index contributed by atoms with van der Waals surface area (Å²) in [6.45, 7) is 3.68. The maximum atomic E-state index is 12.9. The van der Waals surface area contributed by atoms with Crippen molar-refractivity contribution in [3.63, 3.8) is 0 Å². The molecule has 1 aromatic heterocycles. The third kappa shape index (κ3) is 2.51. The van der Waals surface area contributed by atoms with Crippen molar-refractivity contribution in [2.24, 2.45) is 0 Å². The van der Waals surface area contributed by atoms with Gasteiger partial charge >= 0.3 is 0 Å². The van der Waals surface area contributed by atoms with Crippen molar-refractivity contribution in [2.75, 3.05) is 6.54 Å². The first-order chi connectivity index (χ1) is 9.24. The van der Waals surface area contributed by atoms with E-state index in [9.17, 15) is 4.39 Å². The summed E-state index contributed by atoms with van der Waals surface area (Å²) in [7, 11) is 0. The second-order valence-electron chi connectivity index (χ2n) is 4.97. The van der Waals surface area contributed by atoms with Gasteiger partial charge in [0.2, 0.25) is 0 Å². The van der Waals surface area contributed by atoms with Gasteiger partial charge in [-0.2, -0.15) is 0 Å². The van der Waals surface area contributed by atoms with Crippen LogP contribution in [-0.4, -0.2) is 21.3 Å². The zero-order chi connectivity index (χ0) is 13.2. The summed E-state index contributed by atoms with van der Waals surface area (Å²) in [5.41, 5.74) is 1.06. The predicted octanol–water partition coefficient (Wildman–Crippen LogP) is 2.20. The molecule has 1 aliphatic heterocycles. The molecule has 0 bridgehead atoms. The van der Waals surface area contributed by atoms with E-state index < -0.39 is 0 Å². The molecule has 1 unspecified atom stereocenters. The molecular weight excluding hydrogens is 243 g/mol. The number of halogens is 1. The van der Waals surface area contributed by atoms with Gasteiger partial charge in [0.1, 0.15) is 11.6 Å². The summed E-state index contributed by atoms with van der Waals surface area (Å²) < 4.78 is 15.0. The number of aryl methyl sites for hydroxylation is 1. The highest BCUT2D eigenvalue weighted by molar-refractivity contribution is 5.18. The molecule has 2 aromatic rings. The van der Waals surface area contributed by atoms with Crippen molar-refractivity contribution in [3.8, 4) is 0 Å². The highest BCUT2D eigenvalue weighted by atomic mass is 19.1. The van der Waals surface area contributed by atoms with Gasteiger partial charge in [0.15, 0.2) is 5.82 Å². The van der Waals surface area contributed by atoms with E-state index in [2.05, 4.69) is 20.1 Å². The van der Waals surface area contributed by atoms with Gasteiger partial charge in [0.25, 0.3) is 0 Å². The molecule has 1 saturated heterocycles. The Labute approximate surface area is 111 Å². The standard InChI is InChI=1S/C14H17FN4/c1-10-17-18-14(13-3-2-8-16-13)19(10)9-11-4-6-12(15)7-5-11/h4-7,13,16H,2-3,8-9H2,1H3. The zero-order valence-corrected chi connectivity index (χ0v) is 10.9. The Bertz CT molecular complexity index is 555. The van der Waals surface area contributed by atoms with Crippen molar-refractivity contribution >= 4 is 0 Å². The van der Waals surface area contributed by atoms with Gasteiger partial charge in [-0.05, 0) is 44.0 Å². The lowest BCUT2D eigenvalue weighted by molar-refractivity contribution is 0.559. The van der Waals surface area contributed by atoms with Gasteiger partial charge < -0.3 is 9.88 Å². The van der Waals surface area contributed by atoms with Crippen LogP contribution in [0.5, 0.6) is 0 Å². The van der Waals surface area contributed by atoms with Crippen LogP contribution in [0.1, 0.15) is 36.1 Å². The molecule has 0 saturated carbocycles. The van der Waals surface area contributed by atoms with Crippen LogP contribution in [0.2, 0.25) is 0 Å². The van der Waals surface area contributed by atoms with Crippen molar-refractivity contribution in [1.29, 1.82) is 0 Å². The van der Waals surface area contributed by atoms with E-state index in [0.717, 1.165) is 30.2 Å². The molecule has 0 spiro atoms. The van der Waals surface area contributed by atoms with Crippen LogP contribution >= 0.6 is 0 Å². The minimum Gasteiger partial charge on any atom is -0.309 e. The molecule has 0 radical (unpaired) electrons. The lowest BCUT2D eigenvalue weighted by atomic mass is 10.2. The zero-order valence-electron chi connectivity index (χ0n) is 10.9. The maximum absolute atomic E-state index is 12.9. The number of rotatable bonds is 3. The largest absolute Gasteiger partial charge is 0.309 e. The summed E-state index contributed by atoms with van der Waals surface area (Å²) in [4.78, 5) is 0. The fourth-order valence-corrected chi connectivity index (χ4v) is 2.53. The second-order valence-corrected chi connectivity index (χ2v) is 4.97. The van der Waals surface area contributed by atoms with Gasteiger partial charge in [0.05, 0.1) is 12.6 Å². The van der Waals surface area contributed by atoms with E-state index in [1.54, 1.807) is 12.1 Å². The highest BCUT2D eigenvalue weighted by Gasteiger charge is 2.22. The van der Waals surface area contributed by atoms with Gasteiger partial charge in [0, 0.05) is 0 Å². The molecule has 3 rings (SSSR count).